The van der Waals surface area contributed by atoms with Gasteiger partial charge in [0.15, 0.2) is 11.0 Å². The maximum atomic E-state index is 12.5. The molecule has 1 aromatic carbocycles. The molecule has 0 aliphatic carbocycles. The van der Waals surface area contributed by atoms with Gasteiger partial charge in [-0.15, -0.1) is 21.5 Å². The van der Waals surface area contributed by atoms with E-state index >= 15 is 0 Å². The third-order valence-corrected chi connectivity index (χ3v) is 6.24. The Bertz CT molecular complexity index is 1170. The molecule has 4 rings (SSSR count). The van der Waals surface area contributed by atoms with E-state index in [0.717, 1.165) is 39.3 Å². The summed E-state index contributed by atoms with van der Waals surface area (Å²) >= 11 is 3.02. The maximum Gasteiger partial charge on any atom is 0.234 e. The number of thiophene rings is 1. The lowest BCUT2D eigenvalue weighted by Crippen LogP contribution is -2.14. The van der Waals surface area contributed by atoms with Gasteiger partial charge in [0, 0.05) is 18.4 Å². The second-order valence-corrected chi connectivity index (χ2v) is 8.47. The predicted molar refractivity (Wildman–Crippen MR) is 128 cm³/mol. The summed E-state index contributed by atoms with van der Waals surface area (Å²) in [5.41, 5.74) is 2.63. The van der Waals surface area contributed by atoms with Crippen LogP contribution in [0.2, 0.25) is 0 Å². The van der Waals surface area contributed by atoms with Gasteiger partial charge in [-0.25, -0.2) is 0 Å². The number of hydrogen-bond acceptors (Lipinski definition) is 6. The minimum absolute atomic E-state index is 0.0841. The van der Waals surface area contributed by atoms with Crippen molar-refractivity contribution in [3.05, 3.63) is 77.4 Å². The molecule has 0 bridgehead atoms. The summed E-state index contributed by atoms with van der Waals surface area (Å²) in [4.78, 5) is 17.8. The first-order valence-corrected chi connectivity index (χ1v) is 11.7. The lowest BCUT2D eigenvalue weighted by Gasteiger charge is -2.07. The molecule has 0 fully saturated rings. The molecule has 0 spiro atoms. The minimum Gasteiger partial charge on any atom is -0.325 e. The van der Waals surface area contributed by atoms with Crippen molar-refractivity contribution in [2.45, 2.75) is 18.6 Å². The first kappa shape index (κ1) is 21.0. The van der Waals surface area contributed by atoms with Crippen molar-refractivity contribution in [3.63, 3.8) is 0 Å². The zero-order chi connectivity index (χ0) is 21.5. The number of carbonyl (C=O) groups is 1. The average Bonchev–Trinajstić information content (AvgIpc) is 3.46. The fraction of sp³-hybridized carbons (Fsp3) is 0.130. The van der Waals surface area contributed by atoms with E-state index in [0.29, 0.717) is 0 Å². The lowest BCUT2D eigenvalue weighted by atomic mass is 10.1. The SMILES string of the molecule is CCn1c(SCC(=O)Nc2cccc(/C=C/c3ccccn3)c2)nnc1-c1cccs1. The number of rotatable bonds is 8. The first-order chi connectivity index (χ1) is 15.2. The largest absolute Gasteiger partial charge is 0.325 e. The standard InChI is InChI=1S/C23H21N5OS2/c1-2-28-22(20-10-6-14-30-20)26-27-23(28)31-16-21(29)25-19-9-5-7-17(15-19)11-12-18-8-3-4-13-24-18/h3-15H,2,16H2,1H3,(H,25,29)/b12-11+. The fourth-order valence-corrected chi connectivity index (χ4v) is 4.49. The van der Waals surface area contributed by atoms with Crippen LogP contribution < -0.4 is 5.32 Å². The highest BCUT2D eigenvalue weighted by Crippen LogP contribution is 2.27. The molecule has 156 valence electrons. The van der Waals surface area contributed by atoms with Crippen molar-refractivity contribution < 1.29 is 4.79 Å². The van der Waals surface area contributed by atoms with Crippen LogP contribution in [0.25, 0.3) is 22.9 Å². The Morgan fingerprint density at radius 1 is 1.13 bits per heavy atom. The van der Waals surface area contributed by atoms with Crippen molar-refractivity contribution in [1.29, 1.82) is 0 Å². The van der Waals surface area contributed by atoms with E-state index in [2.05, 4.69) is 27.4 Å². The number of nitrogens with one attached hydrogen (secondary N) is 1. The lowest BCUT2D eigenvalue weighted by molar-refractivity contribution is -0.113. The number of carbonyl (C=O) groups excluding carboxylic acids is 1. The van der Waals surface area contributed by atoms with Gasteiger partial charge >= 0.3 is 0 Å². The molecule has 0 radical (unpaired) electrons. The molecular formula is C23H21N5OS2. The summed E-state index contributed by atoms with van der Waals surface area (Å²) in [5, 5.41) is 14.3. The first-order valence-electron chi connectivity index (χ1n) is 9.82. The number of anilines is 1. The van der Waals surface area contributed by atoms with Crippen molar-refractivity contribution >= 4 is 46.8 Å². The molecule has 31 heavy (non-hydrogen) atoms. The molecule has 6 nitrogen and oxygen atoms in total. The van der Waals surface area contributed by atoms with Gasteiger partial charge in [-0.2, -0.15) is 0 Å². The summed E-state index contributed by atoms with van der Waals surface area (Å²) < 4.78 is 2.03. The summed E-state index contributed by atoms with van der Waals surface area (Å²) in [6, 6.07) is 17.5. The van der Waals surface area contributed by atoms with Crippen LogP contribution in [0.1, 0.15) is 18.2 Å². The smallest absolute Gasteiger partial charge is 0.234 e. The number of pyridine rings is 1. The van der Waals surface area contributed by atoms with Gasteiger partial charge in [-0.3, -0.25) is 9.78 Å². The molecule has 3 aromatic heterocycles. The Morgan fingerprint density at radius 2 is 2.06 bits per heavy atom. The van der Waals surface area contributed by atoms with Gasteiger partial charge in [0.1, 0.15) is 0 Å². The Morgan fingerprint density at radius 3 is 2.84 bits per heavy atom. The highest BCUT2D eigenvalue weighted by Gasteiger charge is 2.15. The number of amides is 1. The molecule has 4 aromatic rings. The van der Waals surface area contributed by atoms with Crippen LogP contribution in [0.3, 0.4) is 0 Å². The molecule has 0 atom stereocenters. The molecule has 3 heterocycles. The van der Waals surface area contributed by atoms with E-state index in [1.165, 1.54) is 11.8 Å². The number of thioether (sulfide) groups is 1. The molecule has 0 aliphatic rings. The second-order valence-electron chi connectivity index (χ2n) is 6.58. The molecule has 1 N–H and O–H groups in total. The van der Waals surface area contributed by atoms with Crippen LogP contribution >= 0.6 is 23.1 Å². The minimum atomic E-state index is -0.0841. The molecule has 0 saturated carbocycles. The van der Waals surface area contributed by atoms with Gasteiger partial charge < -0.3 is 9.88 Å². The van der Waals surface area contributed by atoms with E-state index < -0.39 is 0 Å². The monoisotopic (exact) mass is 447 g/mol. The molecule has 0 aliphatic heterocycles. The van der Waals surface area contributed by atoms with Crippen molar-refractivity contribution in [1.82, 2.24) is 19.7 Å². The van der Waals surface area contributed by atoms with Crippen LogP contribution in [0.15, 0.2) is 71.3 Å². The van der Waals surface area contributed by atoms with Crippen molar-refractivity contribution in [3.8, 4) is 10.7 Å². The second kappa shape index (κ2) is 10.2. The zero-order valence-electron chi connectivity index (χ0n) is 16.9. The Balaban J connectivity index is 1.37. The topological polar surface area (TPSA) is 72.7 Å². The summed E-state index contributed by atoms with van der Waals surface area (Å²) in [6.45, 7) is 2.80. The predicted octanol–water partition coefficient (Wildman–Crippen LogP) is 5.32. The number of hydrogen-bond donors (Lipinski definition) is 1. The van der Waals surface area contributed by atoms with Crippen LogP contribution in [0.4, 0.5) is 5.69 Å². The number of aromatic nitrogens is 4. The fourth-order valence-electron chi connectivity index (χ4n) is 2.97. The summed E-state index contributed by atoms with van der Waals surface area (Å²) in [5.74, 6) is 1.02. The van der Waals surface area contributed by atoms with E-state index in [9.17, 15) is 4.79 Å². The van der Waals surface area contributed by atoms with Crippen LogP contribution in [0.5, 0.6) is 0 Å². The normalized spacial score (nSPS) is 11.1. The van der Waals surface area contributed by atoms with Crippen molar-refractivity contribution in [2.24, 2.45) is 0 Å². The van der Waals surface area contributed by atoms with Gasteiger partial charge in [0.25, 0.3) is 0 Å². The van der Waals surface area contributed by atoms with E-state index in [1.807, 2.05) is 76.7 Å². The van der Waals surface area contributed by atoms with Gasteiger partial charge in [-0.1, -0.05) is 42.1 Å². The summed E-state index contributed by atoms with van der Waals surface area (Å²) in [7, 11) is 0. The molecule has 1 amide bonds. The summed E-state index contributed by atoms with van der Waals surface area (Å²) in [6.07, 6.45) is 5.68. The third kappa shape index (κ3) is 5.48. The molecular weight excluding hydrogens is 426 g/mol. The Labute approximate surface area is 189 Å². The highest BCUT2D eigenvalue weighted by atomic mass is 32.2. The van der Waals surface area contributed by atoms with E-state index in [1.54, 1.807) is 17.5 Å². The molecule has 0 unspecified atom stereocenters. The van der Waals surface area contributed by atoms with Crippen LogP contribution in [0, 0.1) is 0 Å². The quantitative estimate of drug-likeness (QED) is 0.370. The number of benzene rings is 1. The van der Waals surface area contributed by atoms with Crippen molar-refractivity contribution in [2.75, 3.05) is 11.1 Å². The molecule has 0 saturated heterocycles. The zero-order valence-corrected chi connectivity index (χ0v) is 18.6. The Kier molecular flexibility index (Phi) is 6.91. The maximum absolute atomic E-state index is 12.5. The molecule has 8 heteroatoms. The van der Waals surface area contributed by atoms with Crippen LogP contribution in [-0.4, -0.2) is 31.4 Å². The highest BCUT2D eigenvalue weighted by molar-refractivity contribution is 7.99. The van der Waals surface area contributed by atoms with E-state index in [4.69, 9.17) is 0 Å². The van der Waals surface area contributed by atoms with Gasteiger partial charge in [0.2, 0.25) is 5.91 Å². The average molecular weight is 448 g/mol. The van der Waals surface area contributed by atoms with Gasteiger partial charge in [0.05, 0.1) is 16.3 Å². The Hall–Kier alpha value is -3.23. The van der Waals surface area contributed by atoms with Gasteiger partial charge in [-0.05, 0) is 54.3 Å². The third-order valence-electron chi connectivity index (χ3n) is 4.41. The van der Waals surface area contributed by atoms with E-state index in [-0.39, 0.29) is 11.7 Å². The van der Waals surface area contributed by atoms with Crippen LogP contribution in [-0.2, 0) is 11.3 Å². The number of nitrogens with zero attached hydrogens (tertiary/aromatic N) is 4.